The molecule has 1 saturated heterocycles. The number of likely N-dealkylation sites (tertiary alicyclic amines) is 1. The minimum Gasteiger partial charge on any atom is -0.326 e. The molecule has 0 aromatic rings. The second-order valence-corrected chi connectivity index (χ2v) is 5.96. The van der Waals surface area contributed by atoms with Crippen molar-refractivity contribution in [3.63, 3.8) is 0 Å². The molecule has 0 bridgehead atoms. The Kier molecular flexibility index (Phi) is 3.82. The molecule has 0 aromatic carbocycles. The SMILES string of the molecule is C#CC(C)(CC)N1CC(CS(=O)(=O)F)CC1=O. The van der Waals surface area contributed by atoms with Gasteiger partial charge in [0.25, 0.3) is 0 Å². The quantitative estimate of drug-likeness (QED) is 0.559. The van der Waals surface area contributed by atoms with Crippen molar-refractivity contribution in [2.24, 2.45) is 5.92 Å². The van der Waals surface area contributed by atoms with Gasteiger partial charge in [-0.2, -0.15) is 8.42 Å². The van der Waals surface area contributed by atoms with Gasteiger partial charge in [-0.05, 0) is 13.3 Å². The van der Waals surface area contributed by atoms with E-state index in [1.165, 1.54) is 4.90 Å². The smallest absolute Gasteiger partial charge is 0.302 e. The van der Waals surface area contributed by atoms with E-state index in [-0.39, 0.29) is 18.9 Å². The summed E-state index contributed by atoms with van der Waals surface area (Å²) in [7, 11) is -4.54. The molecule has 1 fully saturated rings. The molecule has 0 spiro atoms. The summed E-state index contributed by atoms with van der Waals surface area (Å²) >= 11 is 0. The van der Waals surface area contributed by atoms with E-state index in [4.69, 9.17) is 6.42 Å². The van der Waals surface area contributed by atoms with Gasteiger partial charge in [-0.1, -0.05) is 12.8 Å². The maximum atomic E-state index is 12.6. The molecule has 1 aliphatic heterocycles. The number of hydrogen-bond donors (Lipinski definition) is 0. The van der Waals surface area contributed by atoms with Crippen LogP contribution in [0.2, 0.25) is 0 Å². The summed E-state index contributed by atoms with van der Waals surface area (Å²) in [4.78, 5) is 13.2. The van der Waals surface area contributed by atoms with E-state index in [0.29, 0.717) is 6.42 Å². The summed E-state index contributed by atoms with van der Waals surface area (Å²) in [6, 6.07) is 0. The normalized spacial score (nSPS) is 24.5. The Morgan fingerprint density at radius 2 is 2.24 bits per heavy atom. The van der Waals surface area contributed by atoms with Crippen LogP contribution in [0.4, 0.5) is 3.89 Å². The van der Waals surface area contributed by atoms with Gasteiger partial charge in [0.1, 0.15) is 5.54 Å². The third-order valence-corrected chi connectivity index (χ3v) is 4.10. The highest BCUT2D eigenvalue weighted by Crippen LogP contribution is 2.29. The van der Waals surface area contributed by atoms with Crippen molar-refractivity contribution in [3.05, 3.63) is 0 Å². The zero-order chi connectivity index (χ0) is 13.3. The van der Waals surface area contributed by atoms with Crippen LogP contribution in [-0.2, 0) is 15.0 Å². The lowest BCUT2D eigenvalue weighted by molar-refractivity contribution is -0.131. The number of hydrogen-bond acceptors (Lipinski definition) is 3. The standard InChI is InChI=1S/C11H16FNO3S/c1-4-11(3,5-2)13-7-9(6-10(13)14)8-17(12,15)16/h1,9H,5-8H2,2-3H3. The van der Waals surface area contributed by atoms with Crippen LogP contribution in [0, 0.1) is 18.3 Å². The third-order valence-electron chi connectivity index (χ3n) is 3.24. The van der Waals surface area contributed by atoms with Crippen LogP contribution in [0.3, 0.4) is 0 Å². The van der Waals surface area contributed by atoms with E-state index in [1.807, 2.05) is 6.92 Å². The Hall–Kier alpha value is -1.09. The molecule has 0 N–H and O–H groups in total. The van der Waals surface area contributed by atoms with Gasteiger partial charge in [-0.15, -0.1) is 10.3 Å². The number of amides is 1. The predicted molar refractivity (Wildman–Crippen MR) is 62.2 cm³/mol. The maximum Gasteiger partial charge on any atom is 0.302 e. The van der Waals surface area contributed by atoms with Crippen molar-refractivity contribution >= 4 is 16.1 Å². The van der Waals surface area contributed by atoms with E-state index in [0.717, 1.165) is 0 Å². The van der Waals surface area contributed by atoms with Crippen LogP contribution < -0.4 is 0 Å². The van der Waals surface area contributed by atoms with E-state index < -0.39 is 27.4 Å². The lowest BCUT2D eigenvalue weighted by Crippen LogP contribution is -2.45. The lowest BCUT2D eigenvalue weighted by atomic mass is 9.98. The number of rotatable bonds is 4. The first-order valence-corrected chi connectivity index (χ1v) is 6.97. The van der Waals surface area contributed by atoms with Crippen LogP contribution in [-0.4, -0.2) is 37.1 Å². The highest BCUT2D eigenvalue weighted by Gasteiger charge is 2.40. The van der Waals surface area contributed by atoms with Gasteiger partial charge in [0.05, 0.1) is 5.75 Å². The monoisotopic (exact) mass is 261 g/mol. The van der Waals surface area contributed by atoms with Crippen molar-refractivity contribution in [1.29, 1.82) is 0 Å². The van der Waals surface area contributed by atoms with Crippen molar-refractivity contribution in [2.45, 2.75) is 32.2 Å². The minimum atomic E-state index is -4.54. The van der Waals surface area contributed by atoms with Crippen LogP contribution in [0.5, 0.6) is 0 Å². The highest BCUT2D eigenvalue weighted by atomic mass is 32.3. The molecule has 0 aromatic heterocycles. The number of terminal acetylenes is 1. The summed E-state index contributed by atoms with van der Waals surface area (Å²) in [6.45, 7) is 3.81. The van der Waals surface area contributed by atoms with Crippen molar-refractivity contribution in [3.8, 4) is 12.3 Å². The van der Waals surface area contributed by atoms with Gasteiger partial charge < -0.3 is 4.90 Å². The fraction of sp³-hybridized carbons (Fsp3) is 0.727. The summed E-state index contributed by atoms with van der Waals surface area (Å²) < 4.78 is 33.7. The predicted octanol–water partition coefficient (Wildman–Crippen LogP) is 0.936. The van der Waals surface area contributed by atoms with E-state index >= 15 is 0 Å². The summed E-state index contributed by atoms with van der Waals surface area (Å²) in [5.74, 6) is 1.22. The van der Waals surface area contributed by atoms with Gasteiger partial charge in [0.2, 0.25) is 5.91 Å². The average molecular weight is 261 g/mol. The second kappa shape index (κ2) is 4.65. The summed E-state index contributed by atoms with van der Waals surface area (Å²) in [5, 5.41) is 0. The van der Waals surface area contributed by atoms with Crippen LogP contribution in [0.15, 0.2) is 0 Å². The molecule has 0 radical (unpaired) electrons. The summed E-state index contributed by atoms with van der Waals surface area (Å²) in [6.07, 6.45) is 6.01. The largest absolute Gasteiger partial charge is 0.326 e. The molecular formula is C11H16FNO3S. The molecule has 96 valence electrons. The van der Waals surface area contributed by atoms with Gasteiger partial charge in [0, 0.05) is 18.9 Å². The number of carbonyl (C=O) groups excluding carboxylic acids is 1. The first kappa shape index (κ1) is 14.0. The molecule has 17 heavy (non-hydrogen) atoms. The first-order chi connectivity index (χ1) is 7.72. The Balaban J connectivity index is 2.82. The molecule has 1 amide bonds. The van der Waals surface area contributed by atoms with Crippen LogP contribution in [0.1, 0.15) is 26.7 Å². The van der Waals surface area contributed by atoms with Crippen molar-refractivity contribution < 1.29 is 17.1 Å². The van der Waals surface area contributed by atoms with Crippen molar-refractivity contribution in [2.75, 3.05) is 12.3 Å². The number of carbonyl (C=O) groups is 1. The topological polar surface area (TPSA) is 54.5 Å². The number of nitrogens with zero attached hydrogens (tertiary/aromatic N) is 1. The Labute approximate surface area is 101 Å². The van der Waals surface area contributed by atoms with Gasteiger partial charge in [-0.25, -0.2) is 0 Å². The minimum absolute atomic E-state index is 0.0421. The molecule has 6 heteroatoms. The average Bonchev–Trinajstić information content (AvgIpc) is 2.56. The Morgan fingerprint density at radius 3 is 2.65 bits per heavy atom. The zero-order valence-electron chi connectivity index (χ0n) is 9.94. The second-order valence-electron chi connectivity index (χ2n) is 4.55. The fourth-order valence-electron chi connectivity index (χ4n) is 2.02. The molecule has 1 aliphatic rings. The molecule has 2 atom stereocenters. The molecule has 0 aliphatic carbocycles. The van der Waals surface area contributed by atoms with Crippen molar-refractivity contribution in [1.82, 2.24) is 4.90 Å². The Morgan fingerprint density at radius 1 is 1.65 bits per heavy atom. The fourth-order valence-corrected chi connectivity index (χ4v) is 2.81. The van der Waals surface area contributed by atoms with Gasteiger partial charge >= 0.3 is 10.2 Å². The van der Waals surface area contributed by atoms with Gasteiger partial charge in [0.15, 0.2) is 0 Å². The van der Waals surface area contributed by atoms with E-state index in [9.17, 15) is 17.1 Å². The van der Waals surface area contributed by atoms with E-state index in [2.05, 4.69) is 5.92 Å². The highest BCUT2D eigenvalue weighted by molar-refractivity contribution is 7.86. The lowest BCUT2D eigenvalue weighted by Gasteiger charge is -2.33. The molecule has 4 nitrogen and oxygen atoms in total. The molecular weight excluding hydrogens is 245 g/mol. The first-order valence-electron chi connectivity index (χ1n) is 5.42. The molecule has 2 unspecified atom stereocenters. The van der Waals surface area contributed by atoms with Crippen LogP contribution >= 0.6 is 0 Å². The maximum absolute atomic E-state index is 12.6. The summed E-state index contributed by atoms with van der Waals surface area (Å²) in [5.41, 5.74) is -0.716. The third kappa shape index (κ3) is 3.19. The molecule has 1 rings (SSSR count). The Bertz CT molecular complexity index is 454. The zero-order valence-corrected chi connectivity index (χ0v) is 10.8. The van der Waals surface area contributed by atoms with Crippen LogP contribution in [0.25, 0.3) is 0 Å². The van der Waals surface area contributed by atoms with Gasteiger partial charge in [-0.3, -0.25) is 4.79 Å². The molecule has 1 heterocycles. The molecule has 0 saturated carbocycles. The number of halogens is 1. The van der Waals surface area contributed by atoms with E-state index in [1.54, 1.807) is 6.92 Å².